The molecule has 94 valence electrons. The second-order valence-corrected chi connectivity index (χ2v) is 3.83. The molecule has 0 aromatic carbocycles. The molecule has 0 saturated carbocycles. The number of halogens is 3. The fourth-order valence-corrected chi connectivity index (χ4v) is 1.61. The van der Waals surface area contributed by atoms with Gasteiger partial charge in [0.15, 0.2) is 5.78 Å². The van der Waals surface area contributed by atoms with Gasteiger partial charge in [-0.15, -0.1) is 0 Å². The summed E-state index contributed by atoms with van der Waals surface area (Å²) in [5.74, 6) is -0.449. The smallest absolute Gasteiger partial charge is 0.368 e. The molecule has 0 radical (unpaired) electrons. The first-order chi connectivity index (χ1) is 7.42. The number of rotatable bonds is 4. The van der Waals surface area contributed by atoms with Gasteiger partial charge in [-0.3, -0.25) is 9.69 Å². The van der Waals surface area contributed by atoms with E-state index in [9.17, 15) is 18.0 Å². The largest absolute Gasteiger partial charge is 0.389 e. The van der Waals surface area contributed by atoms with Gasteiger partial charge < -0.3 is 4.74 Å². The molecule has 0 N–H and O–H groups in total. The molecule has 1 aliphatic rings. The number of Topliss-reactive ketones (excluding diaryl/α,β-unsaturated/α-hetero) is 1. The van der Waals surface area contributed by atoms with Crippen LogP contribution in [0.5, 0.6) is 0 Å². The zero-order valence-corrected chi connectivity index (χ0v) is 9.22. The minimum Gasteiger partial charge on any atom is -0.368 e. The second-order valence-electron chi connectivity index (χ2n) is 3.83. The molecule has 0 amide bonds. The number of hydrogen-bond donors (Lipinski definition) is 0. The Morgan fingerprint density at radius 2 is 2.19 bits per heavy atom. The molecular formula is C10H16F3NO2. The van der Waals surface area contributed by atoms with Crippen molar-refractivity contribution in [1.82, 2.24) is 4.90 Å². The fraction of sp³-hybridized carbons (Fsp3) is 0.900. The highest BCUT2D eigenvalue weighted by molar-refractivity contribution is 5.83. The first-order valence-electron chi connectivity index (χ1n) is 5.36. The summed E-state index contributed by atoms with van der Waals surface area (Å²) in [7, 11) is 0. The molecule has 1 heterocycles. The molecule has 3 nitrogen and oxygen atoms in total. The van der Waals surface area contributed by atoms with Crippen LogP contribution in [0, 0.1) is 0 Å². The van der Waals surface area contributed by atoms with E-state index in [-0.39, 0.29) is 0 Å². The van der Waals surface area contributed by atoms with Crippen LogP contribution in [0.4, 0.5) is 13.2 Å². The van der Waals surface area contributed by atoms with Crippen molar-refractivity contribution in [3.05, 3.63) is 0 Å². The van der Waals surface area contributed by atoms with Gasteiger partial charge in [-0.1, -0.05) is 6.92 Å². The van der Waals surface area contributed by atoms with Gasteiger partial charge in [0.25, 0.3) is 0 Å². The molecule has 0 aromatic rings. The molecule has 0 aromatic heterocycles. The number of nitrogens with zero attached hydrogens (tertiary/aromatic N) is 1. The Morgan fingerprint density at radius 3 is 2.75 bits per heavy atom. The van der Waals surface area contributed by atoms with E-state index in [1.54, 1.807) is 0 Å². The van der Waals surface area contributed by atoms with Gasteiger partial charge in [0.05, 0.1) is 13.0 Å². The van der Waals surface area contributed by atoms with Crippen LogP contribution in [0.3, 0.4) is 0 Å². The Bertz CT molecular complexity index is 243. The molecule has 1 aliphatic heterocycles. The first kappa shape index (κ1) is 13.4. The molecule has 1 rings (SSSR count). The summed E-state index contributed by atoms with van der Waals surface area (Å²) in [4.78, 5) is 13.5. The number of ether oxygens (including phenoxy) is 1. The van der Waals surface area contributed by atoms with Crippen molar-refractivity contribution in [1.29, 1.82) is 0 Å². The summed E-state index contributed by atoms with van der Waals surface area (Å²) < 4.78 is 40.9. The van der Waals surface area contributed by atoms with Gasteiger partial charge in [0.1, 0.15) is 6.10 Å². The molecule has 1 unspecified atom stereocenters. The summed E-state index contributed by atoms with van der Waals surface area (Å²) in [6.07, 6.45) is -6.49. The van der Waals surface area contributed by atoms with Crippen LogP contribution in [-0.2, 0) is 9.53 Å². The summed E-state index contributed by atoms with van der Waals surface area (Å²) in [6.45, 7) is 4.29. The summed E-state index contributed by atoms with van der Waals surface area (Å²) in [5, 5.41) is 0. The van der Waals surface area contributed by atoms with Crippen molar-refractivity contribution in [2.45, 2.75) is 32.0 Å². The molecule has 16 heavy (non-hydrogen) atoms. The lowest BCUT2D eigenvalue weighted by molar-refractivity contribution is -0.151. The van der Waals surface area contributed by atoms with E-state index < -0.39 is 30.9 Å². The van der Waals surface area contributed by atoms with Crippen molar-refractivity contribution >= 4 is 5.78 Å². The SMILES string of the molecule is CCN1CCOC(C(=O)CCC(F)(F)F)C1. The normalized spacial score (nSPS) is 23.4. The summed E-state index contributed by atoms with van der Waals surface area (Å²) in [6, 6.07) is 0. The lowest BCUT2D eigenvalue weighted by atomic mass is 10.1. The third kappa shape index (κ3) is 4.49. The Hall–Kier alpha value is -0.620. The maximum Gasteiger partial charge on any atom is 0.389 e. The van der Waals surface area contributed by atoms with Crippen LogP contribution in [0.2, 0.25) is 0 Å². The van der Waals surface area contributed by atoms with Gasteiger partial charge in [-0.05, 0) is 6.54 Å². The number of morpholine rings is 1. The zero-order chi connectivity index (χ0) is 12.2. The Labute approximate surface area is 92.5 Å². The van der Waals surface area contributed by atoms with E-state index >= 15 is 0 Å². The monoisotopic (exact) mass is 239 g/mol. The van der Waals surface area contributed by atoms with Gasteiger partial charge in [-0.2, -0.15) is 13.2 Å². The van der Waals surface area contributed by atoms with Crippen LogP contribution in [-0.4, -0.2) is 49.2 Å². The molecule has 1 fully saturated rings. The number of ketones is 1. The van der Waals surface area contributed by atoms with Gasteiger partial charge in [0, 0.05) is 19.5 Å². The van der Waals surface area contributed by atoms with Crippen molar-refractivity contribution in [2.24, 2.45) is 0 Å². The van der Waals surface area contributed by atoms with E-state index in [4.69, 9.17) is 4.74 Å². The molecule has 0 bridgehead atoms. The minimum atomic E-state index is -4.27. The van der Waals surface area contributed by atoms with Crippen molar-refractivity contribution < 1.29 is 22.7 Å². The first-order valence-corrected chi connectivity index (χ1v) is 5.36. The number of carbonyl (C=O) groups excluding carboxylic acids is 1. The van der Waals surface area contributed by atoms with Crippen LogP contribution in [0.15, 0.2) is 0 Å². The number of hydrogen-bond acceptors (Lipinski definition) is 3. The lowest BCUT2D eigenvalue weighted by Gasteiger charge is -2.31. The lowest BCUT2D eigenvalue weighted by Crippen LogP contribution is -2.46. The number of likely N-dealkylation sites (N-methyl/N-ethyl adjacent to an activating group) is 1. The molecular weight excluding hydrogens is 223 g/mol. The third-order valence-electron chi connectivity index (χ3n) is 2.61. The predicted octanol–water partition coefficient (Wildman–Crippen LogP) is 1.62. The molecule has 0 aliphatic carbocycles. The van der Waals surface area contributed by atoms with E-state index in [1.807, 2.05) is 11.8 Å². The summed E-state index contributed by atoms with van der Waals surface area (Å²) in [5.41, 5.74) is 0. The third-order valence-corrected chi connectivity index (χ3v) is 2.61. The van der Waals surface area contributed by atoms with Crippen LogP contribution in [0.25, 0.3) is 0 Å². The Balaban J connectivity index is 2.36. The second kappa shape index (κ2) is 5.63. The van der Waals surface area contributed by atoms with Crippen LogP contribution >= 0.6 is 0 Å². The highest BCUT2D eigenvalue weighted by atomic mass is 19.4. The predicted molar refractivity (Wildman–Crippen MR) is 52.2 cm³/mol. The van der Waals surface area contributed by atoms with E-state index in [1.165, 1.54) is 0 Å². The highest BCUT2D eigenvalue weighted by Gasteiger charge is 2.31. The Kier molecular flexibility index (Phi) is 4.73. The average Bonchev–Trinajstić information content (AvgIpc) is 2.25. The standard InChI is InChI=1S/C10H16F3NO2/c1-2-14-5-6-16-9(7-14)8(15)3-4-10(11,12)13/h9H,2-7H2,1H3. The topological polar surface area (TPSA) is 29.5 Å². The van der Waals surface area contributed by atoms with Gasteiger partial charge in [-0.25, -0.2) is 0 Å². The zero-order valence-electron chi connectivity index (χ0n) is 9.22. The maximum atomic E-state index is 11.9. The van der Waals surface area contributed by atoms with Crippen LogP contribution < -0.4 is 0 Å². The van der Waals surface area contributed by atoms with E-state index in [0.29, 0.717) is 13.2 Å². The molecule has 0 spiro atoms. The van der Waals surface area contributed by atoms with Gasteiger partial charge in [0.2, 0.25) is 0 Å². The quantitative estimate of drug-likeness (QED) is 0.746. The maximum absolute atomic E-state index is 11.9. The molecule has 6 heteroatoms. The fourth-order valence-electron chi connectivity index (χ4n) is 1.61. The van der Waals surface area contributed by atoms with Crippen LogP contribution in [0.1, 0.15) is 19.8 Å². The highest BCUT2D eigenvalue weighted by Crippen LogP contribution is 2.22. The summed E-state index contributed by atoms with van der Waals surface area (Å²) >= 11 is 0. The van der Waals surface area contributed by atoms with Gasteiger partial charge >= 0.3 is 6.18 Å². The number of carbonyl (C=O) groups is 1. The van der Waals surface area contributed by atoms with Crippen molar-refractivity contribution in [2.75, 3.05) is 26.2 Å². The Morgan fingerprint density at radius 1 is 1.50 bits per heavy atom. The van der Waals surface area contributed by atoms with Crippen molar-refractivity contribution in [3.63, 3.8) is 0 Å². The van der Waals surface area contributed by atoms with E-state index in [2.05, 4.69) is 0 Å². The molecule has 1 atom stereocenters. The average molecular weight is 239 g/mol. The number of alkyl halides is 3. The van der Waals surface area contributed by atoms with Crippen molar-refractivity contribution in [3.8, 4) is 0 Å². The van der Waals surface area contributed by atoms with E-state index in [0.717, 1.165) is 13.1 Å². The minimum absolute atomic E-state index is 0.410. The molecule has 1 saturated heterocycles.